The molecule has 3 N–H and O–H groups in total. The number of hydrogen-bond donors (Lipinski definition) is 3. The van der Waals surface area contributed by atoms with Crippen molar-refractivity contribution in [3.63, 3.8) is 0 Å². The number of halogens is 2. The molecule has 0 atom stereocenters. The predicted molar refractivity (Wildman–Crippen MR) is 167 cm³/mol. The van der Waals surface area contributed by atoms with Crippen molar-refractivity contribution < 1.29 is 19.1 Å². The number of ether oxygens (including phenoxy) is 1. The van der Waals surface area contributed by atoms with E-state index in [0.717, 1.165) is 0 Å². The number of aromatic amines is 1. The van der Waals surface area contributed by atoms with Crippen LogP contribution < -0.4 is 10.6 Å². The molecule has 2 amide bonds. The molecule has 4 aromatic rings. The molecule has 0 spiro atoms. The van der Waals surface area contributed by atoms with Crippen molar-refractivity contribution in [3.05, 3.63) is 45.1 Å². The van der Waals surface area contributed by atoms with E-state index < -0.39 is 5.41 Å². The summed E-state index contributed by atoms with van der Waals surface area (Å²) >= 11 is 6.52. The number of amides is 2. The van der Waals surface area contributed by atoms with Gasteiger partial charge in [-0.15, -0.1) is 0 Å². The third kappa shape index (κ3) is 8.81. The second-order valence-electron chi connectivity index (χ2n) is 12.7. The van der Waals surface area contributed by atoms with E-state index in [1.165, 1.54) is 6.20 Å². The summed E-state index contributed by atoms with van der Waals surface area (Å²) in [4.78, 5) is 56.6. The molecule has 0 saturated heterocycles. The maximum atomic E-state index is 12.6. The molecule has 0 aliphatic carbocycles. The van der Waals surface area contributed by atoms with Crippen molar-refractivity contribution in [2.45, 2.75) is 80.1 Å². The lowest BCUT2D eigenvalue weighted by molar-refractivity contribution is -0.156. The maximum Gasteiger partial charge on any atom is 0.312 e. The van der Waals surface area contributed by atoms with Crippen LogP contribution in [0.5, 0.6) is 0 Å². The first kappa shape index (κ1) is 33.1. The lowest BCUT2D eigenvalue weighted by Crippen LogP contribution is -2.40. The summed E-state index contributed by atoms with van der Waals surface area (Å²) in [6.07, 6.45) is 6.35. The largest absolute Gasteiger partial charge is 0.443 e. The molecule has 0 fully saturated rings. The highest BCUT2D eigenvalue weighted by Crippen LogP contribution is 2.22. The number of esters is 1. The Balaban J connectivity index is 0.000000247. The summed E-state index contributed by atoms with van der Waals surface area (Å²) in [5.41, 5.74) is 1.71. The number of carbonyl (C=O) groups excluding carboxylic acids is 3. The predicted octanol–water partition coefficient (Wildman–Crippen LogP) is 5.52. The molecule has 0 saturated carbocycles. The van der Waals surface area contributed by atoms with Crippen molar-refractivity contribution in [3.8, 4) is 0 Å². The van der Waals surface area contributed by atoms with Gasteiger partial charge in [0, 0.05) is 23.5 Å². The fraction of sp³-hybridized carbons (Fsp3) is 0.464. The number of hydrogen-bond acceptors (Lipinski definition) is 8. The zero-order chi connectivity index (χ0) is 31.6. The molecule has 42 heavy (non-hydrogen) atoms. The van der Waals surface area contributed by atoms with Crippen LogP contribution in [0.25, 0.3) is 22.3 Å². The Morgan fingerprint density at radius 1 is 0.833 bits per heavy atom. The fourth-order valence-electron chi connectivity index (χ4n) is 3.50. The molecule has 0 radical (unpaired) electrons. The Kier molecular flexibility index (Phi) is 9.82. The van der Waals surface area contributed by atoms with Crippen LogP contribution in [0.15, 0.2) is 34.0 Å². The molecule has 0 aromatic carbocycles. The molecule has 4 heterocycles. The molecule has 12 nitrogen and oxygen atoms in total. The van der Waals surface area contributed by atoms with Gasteiger partial charge < -0.3 is 20.4 Å². The van der Waals surface area contributed by atoms with Gasteiger partial charge in [0.2, 0.25) is 0 Å². The zero-order valence-electron chi connectivity index (χ0n) is 25.1. The van der Waals surface area contributed by atoms with Gasteiger partial charge in [0.25, 0.3) is 11.8 Å². The van der Waals surface area contributed by atoms with Crippen LogP contribution in [0.1, 0.15) is 83.0 Å². The van der Waals surface area contributed by atoms with Crippen LogP contribution >= 0.6 is 31.9 Å². The van der Waals surface area contributed by atoms with E-state index in [4.69, 9.17) is 4.74 Å². The van der Waals surface area contributed by atoms with E-state index in [2.05, 4.69) is 67.4 Å². The zero-order valence-corrected chi connectivity index (χ0v) is 28.3. The van der Waals surface area contributed by atoms with Gasteiger partial charge in [-0.05, 0) is 94.2 Å². The quantitative estimate of drug-likeness (QED) is 0.234. The number of H-pyrrole nitrogens is 1. The number of aromatic nitrogens is 6. The van der Waals surface area contributed by atoms with Crippen LogP contribution in [-0.4, -0.2) is 58.3 Å². The molecule has 0 bridgehead atoms. The van der Waals surface area contributed by atoms with E-state index in [0.29, 0.717) is 42.7 Å². The van der Waals surface area contributed by atoms with Gasteiger partial charge in [0.15, 0.2) is 18.0 Å². The molecule has 14 heteroatoms. The van der Waals surface area contributed by atoms with Crippen LogP contribution in [0, 0.1) is 5.41 Å². The highest BCUT2D eigenvalue weighted by molar-refractivity contribution is 9.10. The minimum atomic E-state index is -0.607. The van der Waals surface area contributed by atoms with Crippen molar-refractivity contribution in [2.75, 3.05) is 0 Å². The van der Waals surface area contributed by atoms with E-state index in [1.54, 1.807) is 43.9 Å². The monoisotopic (exact) mass is 706 g/mol. The van der Waals surface area contributed by atoms with Gasteiger partial charge in [0.1, 0.15) is 20.2 Å². The molecule has 0 aliphatic heterocycles. The highest BCUT2D eigenvalue weighted by atomic mass is 79.9. The highest BCUT2D eigenvalue weighted by Gasteiger charge is 2.25. The summed E-state index contributed by atoms with van der Waals surface area (Å²) in [5, 5.41) is 5.80. The van der Waals surface area contributed by atoms with Gasteiger partial charge in [0.05, 0.1) is 28.9 Å². The van der Waals surface area contributed by atoms with Crippen molar-refractivity contribution in [1.29, 1.82) is 0 Å². The van der Waals surface area contributed by atoms with Crippen LogP contribution in [0.4, 0.5) is 0 Å². The molecular formula is C28H36Br2N8O4. The normalized spacial score (nSPS) is 12.1. The summed E-state index contributed by atoms with van der Waals surface area (Å²) < 4.78 is 8.07. The van der Waals surface area contributed by atoms with E-state index in [9.17, 15) is 14.4 Å². The lowest BCUT2D eigenvalue weighted by atomic mass is 9.98. The lowest BCUT2D eigenvalue weighted by Gasteiger charge is -2.20. The smallest absolute Gasteiger partial charge is 0.312 e. The van der Waals surface area contributed by atoms with Gasteiger partial charge in [-0.3, -0.25) is 19.0 Å². The van der Waals surface area contributed by atoms with Gasteiger partial charge in [-0.25, -0.2) is 19.9 Å². The molecule has 4 aromatic heterocycles. The topological polar surface area (TPSA) is 157 Å². The minimum absolute atomic E-state index is 0.0360. The minimum Gasteiger partial charge on any atom is -0.443 e. The van der Waals surface area contributed by atoms with Crippen LogP contribution in [0.2, 0.25) is 0 Å². The fourth-order valence-corrected chi connectivity index (χ4v) is 4.06. The third-order valence-electron chi connectivity index (χ3n) is 5.30. The number of fused-ring (bicyclic) bond motifs is 2. The average Bonchev–Trinajstić information content (AvgIpc) is 3.41. The number of rotatable bonds is 4. The Bertz CT molecular complexity index is 1630. The second kappa shape index (κ2) is 12.5. The third-order valence-corrected chi connectivity index (χ3v) is 6.06. The number of nitrogens with one attached hydrogen (secondary N) is 3. The molecule has 4 rings (SSSR count). The summed E-state index contributed by atoms with van der Waals surface area (Å²) in [5.74, 6) is -0.748. The Morgan fingerprint density at radius 2 is 1.36 bits per heavy atom. The number of carbonyl (C=O) groups is 3. The first-order chi connectivity index (χ1) is 19.2. The standard InChI is InChI=1S/C17H23BrN4O3.C11H13BrN4O/c1-16(2,3)15(24)25-9-22-8-10(14(23)21-17(4,5)6)12-13(22)19-7-11(18)20-12;1-11(2,3)16-10(17)6-4-13-9-8(6)15-7(12)5-14-9/h7-8H,9H2,1-6H3,(H,21,23);4-5H,1-3H3,(H,13,14)(H,16,17). The number of nitrogens with zero attached hydrogens (tertiary/aromatic N) is 5. The SMILES string of the molecule is CC(C)(C)NC(=O)c1c[nH]c2ncc(Br)nc12.CC(C)(C)NC(=O)c1cn(COC(=O)C(C)(C)C)c2ncc(Br)nc12. The first-order valence-corrected chi connectivity index (χ1v) is 14.7. The second-order valence-corrected chi connectivity index (χ2v) is 14.3. The van der Waals surface area contributed by atoms with Gasteiger partial charge in [-0.1, -0.05) is 0 Å². The van der Waals surface area contributed by atoms with E-state index in [-0.39, 0.29) is 35.6 Å². The van der Waals surface area contributed by atoms with Gasteiger partial charge >= 0.3 is 5.97 Å². The van der Waals surface area contributed by atoms with Gasteiger partial charge in [-0.2, -0.15) is 0 Å². The maximum absolute atomic E-state index is 12.6. The summed E-state index contributed by atoms with van der Waals surface area (Å²) in [6.45, 7) is 16.8. The van der Waals surface area contributed by atoms with E-state index >= 15 is 0 Å². The van der Waals surface area contributed by atoms with Crippen LogP contribution in [0.3, 0.4) is 0 Å². The molecule has 226 valence electrons. The summed E-state index contributed by atoms with van der Waals surface area (Å²) in [7, 11) is 0. The van der Waals surface area contributed by atoms with Crippen LogP contribution in [-0.2, 0) is 16.3 Å². The molecule has 0 unspecified atom stereocenters. The molecule has 0 aliphatic rings. The van der Waals surface area contributed by atoms with Crippen molar-refractivity contribution >= 4 is 72.0 Å². The van der Waals surface area contributed by atoms with Crippen molar-refractivity contribution in [2.24, 2.45) is 5.41 Å². The first-order valence-electron chi connectivity index (χ1n) is 13.1. The van der Waals surface area contributed by atoms with E-state index in [1.807, 2.05) is 41.5 Å². The Labute approximate surface area is 261 Å². The Hall–Kier alpha value is -3.39. The molecular weight excluding hydrogens is 672 g/mol. The Morgan fingerprint density at radius 3 is 1.90 bits per heavy atom. The average molecular weight is 708 g/mol. The van der Waals surface area contributed by atoms with Crippen molar-refractivity contribution in [1.82, 2.24) is 40.1 Å². The summed E-state index contributed by atoms with van der Waals surface area (Å²) in [6, 6.07) is 0.